The second-order valence-corrected chi connectivity index (χ2v) is 3.46. The average Bonchev–Trinajstić information content (AvgIpc) is 2.28. The van der Waals surface area contributed by atoms with Crippen molar-refractivity contribution in [3.05, 3.63) is 12.1 Å². The Balaban J connectivity index is 3.21. The molecule has 0 aliphatic heterocycles. The summed E-state index contributed by atoms with van der Waals surface area (Å²) >= 11 is 2.23. The van der Waals surface area contributed by atoms with Crippen LogP contribution < -0.4 is 19.5 Å². The summed E-state index contributed by atoms with van der Waals surface area (Å²) in [6.07, 6.45) is 0. The number of ether oxygens (including phenoxy) is 3. The fourth-order valence-corrected chi connectivity index (χ4v) is 1.72. The van der Waals surface area contributed by atoms with Crippen LogP contribution in [0.5, 0.6) is 17.2 Å². The van der Waals surface area contributed by atoms with E-state index in [9.17, 15) is 0 Å². The second-order valence-electron chi connectivity index (χ2n) is 2.69. The second kappa shape index (κ2) is 5.89. The molecule has 0 atom stereocenters. The highest BCUT2D eigenvalue weighted by Crippen LogP contribution is 2.42. The van der Waals surface area contributed by atoms with Crippen molar-refractivity contribution in [2.45, 2.75) is 0 Å². The molecule has 0 saturated heterocycles. The van der Waals surface area contributed by atoms with Crippen molar-refractivity contribution < 1.29 is 14.2 Å². The molecule has 1 aromatic rings. The number of benzene rings is 1. The van der Waals surface area contributed by atoms with E-state index in [1.165, 1.54) is 0 Å². The molecule has 4 nitrogen and oxygen atoms in total. The summed E-state index contributed by atoms with van der Waals surface area (Å²) in [5, 5.41) is 3.18. The summed E-state index contributed by atoms with van der Waals surface area (Å²) in [4.78, 5) is 0. The van der Waals surface area contributed by atoms with Gasteiger partial charge in [0, 0.05) is 0 Å². The van der Waals surface area contributed by atoms with Crippen molar-refractivity contribution in [3.8, 4) is 17.2 Å². The molecule has 0 aliphatic carbocycles. The van der Waals surface area contributed by atoms with Crippen LogP contribution in [0, 0.1) is 0 Å². The van der Waals surface area contributed by atoms with Crippen molar-refractivity contribution in [1.29, 1.82) is 0 Å². The molecule has 0 bridgehead atoms. The molecule has 0 saturated carbocycles. The molecule has 0 heterocycles. The maximum atomic E-state index is 5.29. The molecular formula is C10H14INO3. The molecule has 0 amide bonds. The number of rotatable bonds is 5. The molecule has 5 heteroatoms. The highest BCUT2D eigenvalue weighted by Gasteiger charge is 2.14. The van der Waals surface area contributed by atoms with Gasteiger partial charge in [0.25, 0.3) is 0 Å². The van der Waals surface area contributed by atoms with E-state index in [4.69, 9.17) is 14.2 Å². The zero-order valence-corrected chi connectivity index (χ0v) is 11.1. The van der Waals surface area contributed by atoms with Crippen LogP contribution in [-0.4, -0.2) is 25.9 Å². The Kier molecular flexibility index (Phi) is 4.80. The quantitative estimate of drug-likeness (QED) is 0.513. The molecular weight excluding hydrogens is 309 g/mol. The summed E-state index contributed by atoms with van der Waals surface area (Å²) in [5.74, 6) is 1.93. The van der Waals surface area contributed by atoms with Gasteiger partial charge in [-0.1, -0.05) is 22.6 Å². The number of halogens is 1. The lowest BCUT2D eigenvalue weighted by atomic mass is 10.2. The number of alkyl halides is 1. The van der Waals surface area contributed by atoms with Gasteiger partial charge in [-0.15, -0.1) is 0 Å². The molecule has 0 fully saturated rings. The highest BCUT2D eigenvalue weighted by molar-refractivity contribution is 14.1. The van der Waals surface area contributed by atoms with E-state index < -0.39 is 0 Å². The fourth-order valence-electron chi connectivity index (χ4n) is 1.31. The first-order valence-electron chi connectivity index (χ1n) is 4.37. The predicted molar refractivity (Wildman–Crippen MR) is 68.6 cm³/mol. The standard InChI is InChI=1S/C10H14INO3/c1-13-8-5-4-7(12-6-11)9(14-2)10(8)15-3/h4-5,12H,6H2,1-3H3. The van der Waals surface area contributed by atoms with Gasteiger partial charge in [0.1, 0.15) is 0 Å². The van der Waals surface area contributed by atoms with Gasteiger partial charge < -0.3 is 19.5 Å². The summed E-state index contributed by atoms with van der Waals surface area (Å²) in [6.45, 7) is 0. The topological polar surface area (TPSA) is 39.7 Å². The van der Waals surface area contributed by atoms with Gasteiger partial charge in [0.2, 0.25) is 5.75 Å². The van der Waals surface area contributed by atoms with Crippen molar-refractivity contribution in [2.75, 3.05) is 31.2 Å². The molecule has 0 spiro atoms. The van der Waals surface area contributed by atoms with Crippen LogP contribution in [0.25, 0.3) is 0 Å². The van der Waals surface area contributed by atoms with Crippen molar-refractivity contribution >= 4 is 28.3 Å². The zero-order chi connectivity index (χ0) is 11.3. The molecule has 15 heavy (non-hydrogen) atoms. The highest BCUT2D eigenvalue weighted by atomic mass is 127. The molecule has 0 radical (unpaired) electrons. The Bertz CT molecular complexity index is 331. The summed E-state index contributed by atoms with van der Waals surface area (Å²) in [7, 11) is 4.80. The first-order chi connectivity index (χ1) is 7.28. The van der Waals surface area contributed by atoms with Gasteiger partial charge >= 0.3 is 0 Å². The lowest BCUT2D eigenvalue weighted by molar-refractivity contribution is 0.325. The van der Waals surface area contributed by atoms with Crippen LogP contribution in [-0.2, 0) is 0 Å². The smallest absolute Gasteiger partial charge is 0.205 e. The number of nitrogens with one attached hydrogen (secondary N) is 1. The summed E-state index contributed by atoms with van der Waals surface area (Å²) in [5.41, 5.74) is 0.893. The normalized spacial score (nSPS) is 9.60. The Morgan fingerprint density at radius 2 is 1.73 bits per heavy atom. The third-order valence-corrected chi connectivity index (χ3v) is 2.34. The Labute approximate surface area is 103 Å². The lowest BCUT2D eigenvalue weighted by Gasteiger charge is -2.15. The lowest BCUT2D eigenvalue weighted by Crippen LogP contribution is -2.01. The molecule has 0 aromatic heterocycles. The SMILES string of the molecule is COc1ccc(NCI)c(OC)c1OC. The van der Waals surface area contributed by atoms with Crippen molar-refractivity contribution in [3.63, 3.8) is 0 Å². The Morgan fingerprint density at radius 3 is 2.20 bits per heavy atom. The third kappa shape index (κ3) is 2.58. The van der Waals surface area contributed by atoms with Gasteiger partial charge in [-0.3, -0.25) is 0 Å². The molecule has 1 rings (SSSR count). The van der Waals surface area contributed by atoms with Gasteiger partial charge in [0.15, 0.2) is 11.5 Å². The van der Waals surface area contributed by atoms with Crippen LogP contribution in [0.1, 0.15) is 0 Å². The average molecular weight is 323 g/mol. The zero-order valence-electron chi connectivity index (χ0n) is 8.96. The van der Waals surface area contributed by atoms with Gasteiger partial charge in [-0.25, -0.2) is 0 Å². The van der Waals surface area contributed by atoms with E-state index in [0.717, 1.165) is 10.2 Å². The fraction of sp³-hybridized carbons (Fsp3) is 0.400. The minimum absolute atomic E-state index is 0.606. The summed E-state index contributed by atoms with van der Waals surface area (Å²) in [6, 6.07) is 3.74. The molecule has 84 valence electrons. The van der Waals surface area contributed by atoms with Crippen LogP contribution in [0.4, 0.5) is 5.69 Å². The van der Waals surface area contributed by atoms with E-state index in [2.05, 4.69) is 27.9 Å². The van der Waals surface area contributed by atoms with Gasteiger partial charge in [-0.05, 0) is 12.1 Å². The number of hydrogen-bond acceptors (Lipinski definition) is 4. The minimum atomic E-state index is 0.606. The van der Waals surface area contributed by atoms with E-state index in [0.29, 0.717) is 17.2 Å². The monoisotopic (exact) mass is 323 g/mol. The van der Waals surface area contributed by atoms with Crippen molar-refractivity contribution in [2.24, 2.45) is 0 Å². The third-order valence-electron chi connectivity index (χ3n) is 1.96. The maximum Gasteiger partial charge on any atom is 0.205 e. The molecule has 0 unspecified atom stereocenters. The van der Waals surface area contributed by atoms with E-state index in [-0.39, 0.29) is 0 Å². The van der Waals surface area contributed by atoms with Crippen LogP contribution >= 0.6 is 22.6 Å². The van der Waals surface area contributed by atoms with E-state index in [1.54, 1.807) is 21.3 Å². The van der Waals surface area contributed by atoms with Gasteiger partial charge in [-0.2, -0.15) is 0 Å². The molecule has 1 aromatic carbocycles. The molecule has 0 aliphatic rings. The van der Waals surface area contributed by atoms with Crippen LogP contribution in [0.2, 0.25) is 0 Å². The summed E-state index contributed by atoms with van der Waals surface area (Å²) < 4.78 is 16.5. The number of methoxy groups -OCH3 is 3. The maximum absolute atomic E-state index is 5.29. The van der Waals surface area contributed by atoms with Gasteiger partial charge in [0.05, 0.1) is 31.6 Å². The van der Waals surface area contributed by atoms with E-state index in [1.807, 2.05) is 12.1 Å². The first-order valence-corrected chi connectivity index (χ1v) is 5.89. The minimum Gasteiger partial charge on any atom is -0.493 e. The van der Waals surface area contributed by atoms with Crippen LogP contribution in [0.15, 0.2) is 12.1 Å². The van der Waals surface area contributed by atoms with E-state index >= 15 is 0 Å². The van der Waals surface area contributed by atoms with Crippen LogP contribution in [0.3, 0.4) is 0 Å². The Morgan fingerprint density at radius 1 is 1.07 bits per heavy atom. The largest absolute Gasteiger partial charge is 0.493 e. The predicted octanol–water partition coefficient (Wildman–Crippen LogP) is 2.52. The van der Waals surface area contributed by atoms with Crippen molar-refractivity contribution in [1.82, 2.24) is 0 Å². The Hall–Kier alpha value is -0.850. The number of anilines is 1. The number of hydrogen-bond donors (Lipinski definition) is 1. The molecule has 1 N–H and O–H groups in total. The first kappa shape index (κ1) is 12.2.